The summed E-state index contributed by atoms with van der Waals surface area (Å²) in [6.45, 7) is 2.05. The van der Waals surface area contributed by atoms with Crippen LogP contribution in [0.25, 0.3) is 0 Å². The molecule has 2 N–H and O–H groups in total. The molecule has 0 saturated carbocycles. The van der Waals surface area contributed by atoms with Gasteiger partial charge in [0.05, 0.1) is 12.0 Å². The minimum absolute atomic E-state index is 0. The van der Waals surface area contributed by atoms with Crippen LogP contribution < -0.4 is 10.6 Å². The second-order valence-corrected chi connectivity index (χ2v) is 5.86. The molecule has 1 heterocycles. The fourth-order valence-electron chi connectivity index (χ4n) is 2.76. The highest BCUT2D eigenvalue weighted by molar-refractivity contribution is 5.85. The van der Waals surface area contributed by atoms with Gasteiger partial charge in [-0.3, -0.25) is 4.79 Å². The van der Waals surface area contributed by atoms with Gasteiger partial charge in [0, 0.05) is 19.6 Å². The molecule has 0 aromatic heterocycles. The highest BCUT2D eigenvalue weighted by Gasteiger charge is 2.30. The zero-order chi connectivity index (χ0) is 17.2. The molecular formula is C18H18ClF3N2O. The van der Waals surface area contributed by atoms with Crippen molar-refractivity contribution in [3.63, 3.8) is 0 Å². The van der Waals surface area contributed by atoms with E-state index in [4.69, 9.17) is 0 Å². The molecular weight excluding hydrogens is 353 g/mol. The van der Waals surface area contributed by atoms with E-state index in [9.17, 15) is 18.0 Å². The Hall–Kier alpha value is -2.05. The van der Waals surface area contributed by atoms with Crippen LogP contribution >= 0.6 is 12.4 Å². The third-order valence-electron chi connectivity index (χ3n) is 4.01. The Morgan fingerprint density at radius 2 is 1.80 bits per heavy atom. The predicted molar refractivity (Wildman–Crippen MR) is 91.2 cm³/mol. The first-order valence-corrected chi connectivity index (χ1v) is 7.66. The highest BCUT2D eigenvalue weighted by Crippen LogP contribution is 2.29. The van der Waals surface area contributed by atoms with Crippen molar-refractivity contribution in [2.24, 2.45) is 0 Å². The van der Waals surface area contributed by atoms with Crippen molar-refractivity contribution >= 4 is 18.3 Å². The van der Waals surface area contributed by atoms with Gasteiger partial charge in [-0.1, -0.05) is 36.4 Å². The SMILES string of the molecule is Cl.O=C(Cc1cccc(C(F)(F)F)c1)NCc1ccc2c(c1)CNC2. The van der Waals surface area contributed by atoms with E-state index in [1.54, 1.807) is 0 Å². The number of benzene rings is 2. The number of hydrogen-bond acceptors (Lipinski definition) is 2. The monoisotopic (exact) mass is 370 g/mol. The molecule has 0 spiro atoms. The molecule has 0 fully saturated rings. The van der Waals surface area contributed by atoms with Crippen molar-refractivity contribution in [2.75, 3.05) is 0 Å². The third kappa shape index (κ3) is 4.96. The number of carbonyl (C=O) groups excluding carboxylic acids is 1. The number of halogens is 4. The Labute approximate surface area is 150 Å². The van der Waals surface area contributed by atoms with Gasteiger partial charge in [-0.2, -0.15) is 13.2 Å². The lowest BCUT2D eigenvalue weighted by Gasteiger charge is -2.10. The molecule has 1 aliphatic heterocycles. The molecule has 2 aromatic rings. The molecule has 25 heavy (non-hydrogen) atoms. The first kappa shape index (κ1) is 19.3. The summed E-state index contributed by atoms with van der Waals surface area (Å²) in [5.74, 6) is -0.298. The van der Waals surface area contributed by atoms with Crippen LogP contribution in [0.3, 0.4) is 0 Å². The lowest BCUT2D eigenvalue weighted by molar-refractivity contribution is -0.137. The van der Waals surface area contributed by atoms with Crippen molar-refractivity contribution in [1.82, 2.24) is 10.6 Å². The van der Waals surface area contributed by atoms with E-state index in [1.165, 1.54) is 23.3 Å². The van der Waals surface area contributed by atoms with Gasteiger partial charge in [-0.15, -0.1) is 12.4 Å². The Morgan fingerprint density at radius 3 is 2.56 bits per heavy atom. The Morgan fingerprint density at radius 1 is 1.04 bits per heavy atom. The van der Waals surface area contributed by atoms with Gasteiger partial charge in [-0.05, 0) is 28.3 Å². The molecule has 1 aliphatic rings. The Balaban J connectivity index is 0.00000225. The van der Waals surface area contributed by atoms with E-state index in [0.717, 1.165) is 30.8 Å². The number of rotatable bonds is 4. The zero-order valence-corrected chi connectivity index (χ0v) is 14.1. The van der Waals surface area contributed by atoms with Crippen LogP contribution in [-0.2, 0) is 37.0 Å². The van der Waals surface area contributed by atoms with Gasteiger partial charge >= 0.3 is 6.18 Å². The van der Waals surface area contributed by atoms with E-state index in [0.29, 0.717) is 12.1 Å². The average molecular weight is 371 g/mol. The van der Waals surface area contributed by atoms with Gasteiger partial charge in [0.15, 0.2) is 0 Å². The maximum absolute atomic E-state index is 12.7. The van der Waals surface area contributed by atoms with E-state index in [-0.39, 0.29) is 24.7 Å². The second-order valence-electron chi connectivity index (χ2n) is 5.86. The molecule has 0 bridgehead atoms. The van der Waals surface area contributed by atoms with Crippen molar-refractivity contribution in [1.29, 1.82) is 0 Å². The van der Waals surface area contributed by atoms with Gasteiger partial charge in [0.1, 0.15) is 0 Å². The standard InChI is InChI=1S/C18H17F3N2O.ClH/c19-18(20,21)16-3-1-2-12(7-16)8-17(24)23-9-13-4-5-14-10-22-11-15(14)6-13;/h1-7,22H,8-11H2,(H,23,24);1H. The fraction of sp³-hybridized carbons (Fsp3) is 0.278. The largest absolute Gasteiger partial charge is 0.416 e. The average Bonchev–Trinajstić information content (AvgIpc) is 3.00. The number of amides is 1. The minimum Gasteiger partial charge on any atom is -0.352 e. The van der Waals surface area contributed by atoms with E-state index in [1.807, 2.05) is 18.2 Å². The molecule has 2 aromatic carbocycles. The van der Waals surface area contributed by atoms with Gasteiger partial charge in [0.2, 0.25) is 5.91 Å². The summed E-state index contributed by atoms with van der Waals surface area (Å²) in [5, 5.41) is 6.01. The summed E-state index contributed by atoms with van der Waals surface area (Å²) in [6.07, 6.45) is -4.47. The summed E-state index contributed by atoms with van der Waals surface area (Å²) in [7, 11) is 0. The van der Waals surface area contributed by atoms with Crippen molar-refractivity contribution in [3.05, 3.63) is 70.3 Å². The first-order chi connectivity index (χ1) is 11.4. The number of fused-ring (bicyclic) bond motifs is 1. The zero-order valence-electron chi connectivity index (χ0n) is 13.3. The molecule has 7 heteroatoms. The minimum atomic E-state index is -4.40. The van der Waals surface area contributed by atoms with Crippen LogP contribution in [-0.4, -0.2) is 5.91 Å². The lowest BCUT2D eigenvalue weighted by Crippen LogP contribution is -2.24. The third-order valence-corrected chi connectivity index (χ3v) is 4.01. The summed E-state index contributed by atoms with van der Waals surface area (Å²) >= 11 is 0. The predicted octanol–water partition coefficient (Wildman–Crippen LogP) is 3.59. The summed E-state index contributed by atoms with van der Waals surface area (Å²) in [4.78, 5) is 12.0. The van der Waals surface area contributed by atoms with Gasteiger partial charge in [-0.25, -0.2) is 0 Å². The number of hydrogen-bond donors (Lipinski definition) is 2. The number of carbonyl (C=O) groups is 1. The first-order valence-electron chi connectivity index (χ1n) is 7.66. The van der Waals surface area contributed by atoms with Crippen LogP contribution in [0.2, 0.25) is 0 Å². The summed E-state index contributed by atoms with van der Waals surface area (Å²) < 4.78 is 38.0. The maximum atomic E-state index is 12.7. The molecule has 134 valence electrons. The molecule has 3 nitrogen and oxygen atoms in total. The molecule has 0 unspecified atom stereocenters. The van der Waals surface area contributed by atoms with Crippen LogP contribution in [0, 0.1) is 0 Å². The summed E-state index contributed by atoms with van der Waals surface area (Å²) in [5.41, 5.74) is 3.07. The van der Waals surface area contributed by atoms with Crippen molar-refractivity contribution in [2.45, 2.75) is 32.2 Å². The van der Waals surface area contributed by atoms with E-state index in [2.05, 4.69) is 10.6 Å². The highest BCUT2D eigenvalue weighted by atomic mass is 35.5. The normalized spacial score (nSPS) is 13.1. The molecule has 3 rings (SSSR count). The topological polar surface area (TPSA) is 41.1 Å². The van der Waals surface area contributed by atoms with Crippen molar-refractivity contribution < 1.29 is 18.0 Å². The van der Waals surface area contributed by atoms with Crippen molar-refractivity contribution in [3.8, 4) is 0 Å². The quantitative estimate of drug-likeness (QED) is 0.863. The van der Waals surface area contributed by atoms with Crippen LogP contribution in [0.1, 0.15) is 27.8 Å². The van der Waals surface area contributed by atoms with Crippen LogP contribution in [0.5, 0.6) is 0 Å². The Kier molecular flexibility index (Phi) is 6.08. The molecule has 1 amide bonds. The molecule has 0 radical (unpaired) electrons. The van der Waals surface area contributed by atoms with Crippen LogP contribution in [0.4, 0.5) is 13.2 Å². The number of alkyl halides is 3. The molecule has 0 aliphatic carbocycles. The fourth-order valence-corrected chi connectivity index (χ4v) is 2.76. The smallest absolute Gasteiger partial charge is 0.352 e. The lowest BCUT2D eigenvalue weighted by atomic mass is 10.1. The molecule has 0 atom stereocenters. The van der Waals surface area contributed by atoms with E-state index >= 15 is 0 Å². The van der Waals surface area contributed by atoms with Crippen LogP contribution in [0.15, 0.2) is 42.5 Å². The van der Waals surface area contributed by atoms with Gasteiger partial charge < -0.3 is 10.6 Å². The van der Waals surface area contributed by atoms with Gasteiger partial charge in [0.25, 0.3) is 0 Å². The second kappa shape index (κ2) is 7.89. The molecule has 0 saturated heterocycles. The maximum Gasteiger partial charge on any atom is 0.416 e. The van der Waals surface area contributed by atoms with E-state index < -0.39 is 11.7 Å². The summed E-state index contributed by atoms with van der Waals surface area (Å²) in [6, 6.07) is 10.9. The number of nitrogens with one attached hydrogen (secondary N) is 2. The Bertz CT molecular complexity index is 762.